The lowest BCUT2D eigenvalue weighted by Gasteiger charge is -2.40. The van der Waals surface area contributed by atoms with Crippen molar-refractivity contribution in [3.05, 3.63) is 70.8 Å². The lowest BCUT2D eigenvalue weighted by Crippen LogP contribution is -2.44. The number of carbonyl (C=O) groups is 1. The molecule has 0 bridgehead atoms. The number of piperidine rings is 1. The molecule has 3 aromatic carbocycles. The fourth-order valence-corrected chi connectivity index (χ4v) is 7.94. The smallest absolute Gasteiger partial charge is 0.320 e. The first-order chi connectivity index (χ1) is 22.4. The number of nitrogens with zero attached hydrogens (tertiary/aromatic N) is 3. The van der Waals surface area contributed by atoms with Crippen LogP contribution in [-0.2, 0) is 16.1 Å². The van der Waals surface area contributed by atoms with Gasteiger partial charge >= 0.3 is 5.97 Å². The van der Waals surface area contributed by atoms with E-state index in [0.29, 0.717) is 36.1 Å². The molecule has 3 aliphatic rings. The van der Waals surface area contributed by atoms with Crippen LogP contribution in [0.15, 0.2) is 52.9 Å². The summed E-state index contributed by atoms with van der Waals surface area (Å²) in [6, 6.07) is 16.5. The summed E-state index contributed by atoms with van der Waals surface area (Å²) in [6.07, 6.45) is 5.11. The number of methoxy groups -OCH3 is 1. The number of hydrogen-bond donors (Lipinski definition) is 1. The molecular weight excluding hydrogens is 578 g/mol. The van der Waals surface area contributed by atoms with Gasteiger partial charge in [0.1, 0.15) is 17.3 Å². The average molecular weight is 624 g/mol. The number of hydrogen-bond acceptors (Lipinski definition) is 7. The molecular formula is C38H45N3O5. The van der Waals surface area contributed by atoms with Crippen LogP contribution < -0.4 is 4.74 Å². The Morgan fingerprint density at radius 1 is 0.978 bits per heavy atom. The predicted molar refractivity (Wildman–Crippen MR) is 179 cm³/mol. The minimum atomic E-state index is -0.764. The Morgan fingerprint density at radius 2 is 1.72 bits per heavy atom. The minimum Gasteiger partial charge on any atom is -0.496 e. The maximum Gasteiger partial charge on any atom is 0.320 e. The first-order valence-electron chi connectivity index (χ1n) is 16.8. The third kappa shape index (κ3) is 6.06. The topological polar surface area (TPSA) is 88.3 Å². The molecule has 3 heterocycles. The number of morpholine rings is 1. The van der Waals surface area contributed by atoms with Crippen LogP contribution in [0.4, 0.5) is 0 Å². The fourth-order valence-electron chi connectivity index (χ4n) is 7.94. The molecule has 7 rings (SSSR count). The van der Waals surface area contributed by atoms with Crippen molar-refractivity contribution in [3.8, 4) is 28.3 Å². The van der Waals surface area contributed by atoms with Crippen LogP contribution in [0.1, 0.15) is 60.3 Å². The zero-order chi connectivity index (χ0) is 31.8. The first-order valence-corrected chi connectivity index (χ1v) is 16.8. The van der Waals surface area contributed by atoms with E-state index in [0.717, 1.165) is 73.8 Å². The monoisotopic (exact) mass is 623 g/mol. The van der Waals surface area contributed by atoms with Crippen LogP contribution in [0.25, 0.3) is 33.7 Å². The first kappa shape index (κ1) is 30.9. The number of ether oxygens (including phenoxy) is 2. The van der Waals surface area contributed by atoms with Crippen LogP contribution in [0.2, 0.25) is 0 Å². The fraction of sp³-hybridized carbons (Fsp3) is 0.474. The van der Waals surface area contributed by atoms with Gasteiger partial charge in [-0.1, -0.05) is 36.8 Å². The van der Waals surface area contributed by atoms with Gasteiger partial charge in [0.15, 0.2) is 5.58 Å². The van der Waals surface area contributed by atoms with Crippen molar-refractivity contribution in [2.75, 3.05) is 46.5 Å². The highest BCUT2D eigenvalue weighted by molar-refractivity contribution is 5.82. The average Bonchev–Trinajstić information content (AvgIpc) is 3.46. The lowest BCUT2D eigenvalue weighted by molar-refractivity contribution is -0.144. The summed E-state index contributed by atoms with van der Waals surface area (Å²) in [5, 5.41) is 9.78. The predicted octanol–water partition coefficient (Wildman–Crippen LogP) is 7.05. The summed E-state index contributed by atoms with van der Waals surface area (Å²) in [7, 11) is 1.64. The van der Waals surface area contributed by atoms with Crippen LogP contribution in [0, 0.1) is 19.8 Å². The summed E-state index contributed by atoms with van der Waals surface area (Å²) in [5.74, 6) is 1.89. The van der Waals surface area contributed by atoms with Gasteiger partial charge in [0, 0.05) is 43.4 Å². The third-order valence-corrected chi connectivity index (χ3v) is 10.6. The van der Waals surface area contributed by atoms with E-state index in [1.807, 2.05) is 17.0 Å². The number of oxazole rings is 1. The number of carboxylic acid groups (broad SMARTS) is 1. The summed E-state index contributed by atoms with van der Waals surface area (Å²) < 4.78 is 17.6. The lowest BCUT2D eigenvalue weighted by atomic mass is 9.69. The molecule has 242 valence electrons. The molecule has 1 saturated carbocycles. The zero-order valence-electron chi connectivity index (χ0n) is 27.3. The molecule has 8 heteroatoms. The Hall–Kier alpha value is -3.72. The number of rotatable bonds is 9. The summed E-state index contributed by atoms with van der Waals surface area (Å²) >= 11 is 0. The molecule has 1 aliphatic carbocycles. The van der Waals surface area contributed by atoms with Crippen LogP contribution >= 0.6 is 0 Å². The highest BCUT2D eigenvalue weighted by Crippen LogP contribution is 2.45. The van der Waals surface area contributed by atoms with Gasteiger partial charge in [0.2, 0.25) is 5.89 Å². The SMILES string of the molecule is COc1cc2oc(-c3cccc(-c4cccc(C5CC(CN6CCOCC6)C5)c4C)c3C)nc2cc1CN1CCCCC1C(=O)O. The van der Waals surface area contributed by atoms with Gasteiger partial charge in [-0.05, 0) is 97.9 Å². The maximum atomic E-state index is 11.9. The molecule has 2 aliphatic heterocycles. The van der Waals surface area contributed by atoms with Crippen molar-refractivity contribution in [1.82, 2.24) is 14.8 Å². The molecule has 0 spiro atoms. The van der Waals surface area contributed by atoms with Gasteiger partial charge in [0.05, 0.1) is 20.3 Å². The number of carboxylic acids is 1. The Labute approximate surface area is 271 Å². The Bertz CT molecular complexity index is 1720. The molecule has 3 fully saturated rings. The highest BCUT2D eigenvalue weighted by atomic mass is 16.5. The standard InChI is InChI=1S/C38H45N3O5/c1-24-29(27-18-26(19-27)22-40-14-16-45-17-15-40)8-6-9-30(24)31-10-7-11-32(25(31)2)37-39-33-20-28(35(44-3)21-36(33)46-37)23-41-13-5-4-12-34(41)38(42)43/h6-11,20-21,26-27,34H,4-5,12-19,22-23H2,1-3H3,(H,42,43). The van der Waals surface area contributed by atoms with E-state index in [1.54, 1.807) is 7.11 Å². The Kier molecular flexibility index (Phi) is 8.86. The second-order valence-corrected chi connectivity index (χ2v) is 13.4. The van der Waals surface area contributed by atoms with Crippen LogP contribution in [0.3, 0.4) is 0 Å². The van der Waals surface area contributed by atoms with Gasteiger partial charge in [-0.3, -0.25) is 14.6 Å². The number of fused-ring (bicyclic) bond motifs is 1. The zero-order valence-corrected chi connectivity index (χ0v) is 27.3. The molecule has 2 saturated heterocycles. The molecule has 4 aromatic rings. The molecule has 1 N–H and O–H groups in total. The van der Waals surface area contributed by atoms with Crippen LogP contribution in [0.5, 0.6) is 5.75 Å². The molecule has 1 atom stereocenters. The van der Waals surface area contributed by atoms with Crippen LogP contribution in [-0.4, -0.2) is 78.4 Å². The molecule has 8 nitrogen and oxygen atoms in total. The largest absolute Gasteiger partial charge is 0.496 e. The minimum absolute atomic E-state index is 0.477. The van der Waals surface area contributed by atoms with Gasteiger partial charge in [-0.2, -0.15) is 0 Å². The number of likely N-dealkylation sites (tertiary alicyclic amines) is 1. The second-order valence-electron chi connectivity index (χ2n) is 13.4. The highest BCUT2D eigenvalue weighted by Gasteiger charge is 2.33. The molecule has 0 amide bonds. The van der Waals surface area contributed by atoms with E-state index >= 15 is 0 Å². The molecule has 0 radical (unpaired) electrons. The Morgan fingerprint density at radius 3 is 2.48 bits per heavy atom. The van der Waals surface area contributed by atoms with Gasteiger partial charge < -0.3 is 19.0 Å². The summed E-state index contributed by atoms with van der Waals surface area (Å²) in [4.78, 5) is 21.5. The molecule has 1 aromatic heterocycles. The van der Waals surface area contributed by atoms with E-state index in [2.05, 4.69) is 55.1 Å². The van der Waals surface area contributed by atoms with Crippen molar-refractivity contribution < 1.29 is 23.8 Å². The maximum absolute atomic E-state index is 11.9. The van der Waals surface area contributed by atoms with E-state index in [-0.39, 0.29) is 0 Å². The molecule has 46 heavy (non-hydrogen) atoms. The van der Waals surface area contributed by atoms with Gasteiger partial charge in [0.25, 0.3) is 0 Å². The summed E-state index contributed by atoms with van der Waals surface area (Å²) in [5.41, 5.74) is 9.73. The van der Waals surface area contributed by atoms with E-state index in [4.69, 9.17) is 18.9 Å². The Balaban J connectivity index is 1.13. The van der Waals surface area contributed by atoms with Gasteiger partial charge in [-0.25, -0.2) is 4.98 Å². The molecule has 1 unspecified atom stereocenters. The van der Waals surface area contributed by atoms with E-state index in [1.165, 1.54) is 41.6 Å². The number of aromatic nitrogens is 1. The number of benzene rings is 3. The van der Waals surface area contributed by atoms with Crippen molar-refractivity contribution in [2.24, 2.45) is 5.92 Å². The number of aliphatic carboxylic acids is 1. The van der Waals surface area contributed by atoms with Gasteiger partial charge in [-0.15, -0.1) is 0 Å². The third-order valence-electron chi connectivity index (χ3n) is 10.6. The van der Waals surface area contributed by atoms with E-state index in [9.17, 15) is 9.90 Å². The quantitative estimate of drug-likeness (QED) is 0.212. The van der Waals surface area contributed by atoms with Crippen molar-refractivity contribution in [1.29, 1.82) is 0 Å². The van der Waals surface area contributed by atoms with Crippen molar-refractivity contribution >= 4 is 17.1 Å². The van der Waals surface area contributed by atoms with Crippen molar-refractivity contribution in [3.63, 3.8) is 0 Å². The summed E-state index contributed by atoms with van der Waals surface area (Å²) in [6.45, 7) is 10.7. The van der Waals surface area contributed by atoms with Crippen molar-refractivity contribution in [2.45, 2.75) is 64.5 Å². The normalized spacial score (nSPS) is 22.5. The second kappa shape index (κ2) is 13.2. The van der Waals surface area contributed by atoms with E-state index < -0.39 is 12.0 Å².